The zero-order chi connectivity index (χ0) is 11.7. The molecule has 0 bridgehead atoms. The summed E-state index contributed by atoms with van der Waals surface area (Å²) >= 11 is 0. The van der Waals surface area contributed by atoms with Crippen LogP contribution >= 0.6 is 0 Å². The van der Waals surface area contributed by atoms with E-state index in [1.165, 1.54) is 0 Å². The van der Waals surface area contributed by atoms with E-state index in [9.17, 15) is 9.90 Å². The lowest BCUT2D eigenvalue weighted by atomic mass is 10.3. The zero-order valence-electron chi connectivity index (χ0n) is 8.47. The number of aliphatic hydroxyl groups excluding tert-OH is 1. The van der Waals surface area contributed by atoms with Gasteiger partial charge in [-0.3, -0.25) is 0 Å². The van der Waals surface area contributed by atoms with Crippen molar-refractivity contribution in [1.29, 1.82) is 5.39 Å². The largest absolute Gasteiger partial charge is 0.505 e. The van der Waals surface area contributed by atoms with Crippen LogP contribution in [-0.2, 0) is 14.3 Å². The molecule has 0 aromatic rings. The molecule has 0 radical (unpaired) electrons. The van der Waals surface area contributed by atoms with Crippen LogP contribution in [0.4, 0.5) is 0 Å². The van der Waals surface area contributed by atoms with Gasteiger partial charge in [0.1, 0.15) is 0 Å². The van der Waals surface area contributed by atoms with Crippen LogP contribution < -0.4 is 0 Å². The molecule has 0 saturated carbocycles. The summed E-state index contributed by atoms with van der Waals surface area (Å²) in [6, 6.07) is 0. The Labute approximate surface area is 87.4 Å². The Bertz CT molecular complexity index is 304. The Morgan fingerprint density at radius 1 is 1.67 bits per heavy atom. The van der Waals surface area contributed by atoms with Gasteiger partial charge in [0.15, 0.2) is 10.7 Å². The lowest BCUT2D eigenvalue weighted by molar-refractivity contribution is -0.136. The minimum atomic E-state index is -0.904. The summed E-state index contributed by atoms with van der Waals surface area (Å²) in [6.07, 6.45) is 1.61. The first-order chi connectivity index (χ1) is 7.17. The monoisotopic (exact) mass is 213 g/mol. The molecule has 6 heteroatoms. The van der Waals surface area contributed by atoms with Crippen molar-refractivity contribution in [2.45, 2.75) is 6.42 Å². The van der Waals surface area contributed by atoms with Crippen molar-refractivity contribution in [3.8, 4) is 0 Å². The lowest BCUT2D eigenvalue weighted by Crippen LogP contribution is -2.06. The first kappa shape index (κ1) is 13.1. The number of aliphatic hydroxyl groups is 1. The molecule has 0 atom stereocenters. The first-order valence-electron chi connectivity index (χ1n) is 4.21. The number of rotatable bonds is 6. The van der Waals surface area contributed by atoms with Crippen LogP contribution in [0.3, 0.4) is 0 Å². The van der Waals surface area contributed by atoms with E-state index in [2.05, 4.69) is 16.3 Å². The van der Waals surface area contributed by atoms with Crippen molar-refractivity contribution < 1.29 is 19.4 Å². The van der Waals surface area contributed by atoms with Crippen molar-refractivity contribution >= 4 is 5.97 Å². The van der Waals surface area contributed by atoms with E-state index < -0.39 is 11.7 Å². The van der Waals surface area contributed by atoms with Gasteiger partial charge in [0, 0.05) is 6.42 Å². The van der Waals surface area contributed by atoms with Crippen LogP contribution in [0.15, 0.2) is 24.1 Å². The van der Waals surface area contributed by atoms with E-state index in [0.717, 1.165) is 7.11 Å². The number of nitrogens with zero attached hydrogens (tertiary/aromatic N) is 2. The van der Waals surface area contributed by atoms with Gasteiger partial charge in [-0.1, -0.05) is 6.08 Å². The van der Waals surface area contributed by atoms with Crippen LogP contribution in [0.5, 0.6) is 0 Å². The summed E-state index contributed by atoms with van der Waals surface area (Å²) in [4.78, 5) is 13.6. The molecule has 82 valence electrons. The lowest BCUT2D eigenvalue weighted by Gasteiger charge is -1.98. The molecule has 15 heavy (non-hydrogen) atoms. The molecule has 0 aliphatic carbocycles. The topological polar surface area (TPSA) is 83.9 Å². The number of diazo groups is 1. The van der Waals surface area contributed by atoms with Crippen LogP contribution in [0.25, 0.3) is 4.98 Å². The molecular weight excluding hydrogens is 200 g/mol. The summed E-state index contributed by atoms with van der Waals surface area (Å²) in [6.45, 7) is 3.97. The van der Waals surface area contributed by atoms with E-state index in [-0.39, 0.29) is 18.8 Å². The summed E-state index contributed by atoms with van der Waals surface area (Å²) in [5.41, 5.74) is -0.514. The molecule has 0 fully saturated rings. The highest BCUT2D eigenvalue weighted by Crippen LogP contribution is 2.09. The maximum Gasteiger partial charge on any atom is 0.505 e. The average molecular weight is 213 g/mol. The Morgan fingerprint density at radius 2 is 2.33 bits per heavy atom. The predicted octanol–water partition coefficient (Wildman–Crippen LogP) is 1.37. The minimum Gasteiger partial charge on any atom is -0.505 e. The van der Waals surface area contributed by atoms with Gasteiger partial charge in [-0.05, 0) is 0 Å². The fourth-order valence-corrected chi connectivity index (χ4v) is 0.767. The fraction of sp³-hybridized carbons (Fsp3) is 0.444. The van der Waals surface area contributed by atoms with Gasteiger partial charge in [-0.25, -0.2) is 4.79 Å². The molecule has 0 aromatic heterocycles. The first-order valence-corrected chi connectivity index (χ1v) is 4.21. The maximum absolute atomic E-state index is 10.9. The molecule has 0 aromatic carbocycles. The second-order valence-electron chi connectivity index (χ2n) is 2.50. The van der Waals surface area contributed by atoms with Crippen molar-refractivity contribution in [1.82, 2.24) is 0 Å². The number of esters is 1. The molecule has 0 heterocycles. The van der Waals surface area contributed by atoms with Gasteiger partial charge in [0.25, 0.3) is 0 Å². The van der Waals surface area contributed by atoms with Crippen molar-refractivity contribution in [3.05, 3.63) is 29.1 Å². The SMILES string of the molecule is C=CCOCC/C(O)=C(\[N+]#N)C(=O)OC. The maximum atomic E-state index is 10.9. The standard InChI is InChI=1S/C9H12N2O4/c1-3-5-15-6-4-7(12)8(11-10)9(13)14-2/h3H,1,4-6H2,2H3/p+1. The number of hydrogen-bond donors (Lipinski definition) is 1. The molecule has 0 rings (SSSR count). The summed E-state index contributed by atoms with van der Waals surface area (Å²) in [5, 5.41) is 17.8. The van der Waals surface area contributed by atoms with Crippen LogP contribution in [0.1, 0.15) is 6.42 Å². The number of ether oxygens (including phenoxy) is 2. The Morgan fingerprint density at radius 3 is 2.80 bits per heavy atom. The van der Waals surface area contributed by atoms with Gasteiger partial charge in [-0.15, -0.1) is 6.58 Å². The van der Waals surface area contributed by atoms with E-state index in [1.807, 2.05) is 0 Å². The molecule has 0 aliphatic heterocycles. The summed E-state index contributed by atoms with van der Waals surface area (Å²) in [5.74, 6) is -1.29. The molecular formula is C9H13N2O4+. The van der Waals surface area contributed by atoms with Gasteiger partial charge in [0.05, 0.1) is 20.3 Å². The van der Waals surface area contributed by atoms with Gasteiger partial charge in [-0.2, -0.15) is 0 Å². The number of methoxy groups -OCH3 is 1. The third kappa shape index (κ3) is 4.78. The Balaban J connectivity index is 4.28. The smallest absolute Gasteiger partial charge is 0.505 e. The molecule has 0 saturated heterocycles. The molecule has 0 spiro atoms. The summed E-state index contributed by atoms with van der Waals surface area (Å²) < 4.78 is 9.26. The highest BCUT2D eigenvalue weighted by Gasteiger charge is 2.29. The third-order valence-corrected chi connectivity index (χ3v) is 1.47. The Kier molecular flexibility index (Phi) is 6.59. The van der Waals surface area contributed by atoms with Crippen molar-refractivity contribution in [3.63, 3.8) is 0 Å². The van der Waals surface area contributed by atoms with E-state index in [0.29, 0.717) is 6.61 Å². The van der Waals surface area contributed by atoms with Crippen LogP contribution in [0.2, 0.25) is 0 Å². The third-order valence-electron chi connectivity index (χ3n) is 1.47. The highest BCUT2D eigenvalue weighted by atomic mass is 16.5. The van der Waals surface area contributed by atoms with Gasteiger partial charge >= 0.3 is 11.7 Å². The van der Waals surface area contributed by atoms with Crippen molar-refractivity contribution in [2.75, 3.05) is 20.3 Å². The zero-order valence-corrected chi connectivity index (χ0v) is 8.47. The second-order valence-corrected chi connectivity index (χ2v) is 2.50. The quantitative estimate of drug-likeness (QED) is 0.180. The molecule has 0 aliphatic rings. The van der Waals surface area contributed by atoms with Crippen LogP contribution in [0, 0.1) is 5.39 Å². The highest BCUT2D eigenvalue weighted by molar-refractivity contribution is 5.90. The average Bonchev–Trinajstić information content (AvgIpc) is 2.25. The van der Waals surface area contributed by atoms with Gasteiger partial charge < -0.3 is 14.6 Å². The molecule has 0 amide bonds. The number of hydrogen-bond acceptors (Lipinski definition) is 5. The number of carbonyl (C=O) groups is 1. The van der Waals surface area contributed by atoms with E-state index in [1.54, 1.807) is 6.08 Å². The van der Waals surface area contributed by atoms with Gasteiger partial charge in [0.2, 0.25) is 5.39 Å². The molecule has 0 unspecified atom stereocenters. The molecule has 1 N–H and O–H groups in total. The fourth-order valence-electron chi connectivity index (χ4n) is 0.767. The van der Waals surface area contributed by atoms with E-state index in [4.69, 9.17) is 10.1 Å². The minimum absolute atomic E-state index is 0.0579. The van der Waals surface area contributed by atoms with Crippen molar-refractivity contribution in [2.24, 2.45) is 0 Å². The normalized spacial score (nSPS) is 11.2. The van der Waals surface area contributed by atoms with E-state index >= 15 is 0 Å². The Hall–Kier alpha value is -1.87. The second kappa shape index (κ2) is 7.53. The van der Waals surface area contributed by atoms with Crippen LogP contribution in [-0.4, -0.2) is 31.4 Å². The summed E-state index contributed by atoms with van der Waals surface area (Å²) in [7, 11) is 1.12. The number of carbonyl (C=O) groups excluding carboxylic acids is 1. The molecule has 6 nitrogen and oxygen atoms in total. The predicted molar refractivity (Wildman–Crippen MR) is 52.4 cm³/mol.